The molecule has 0 amide bonds. The molecule has 2 nitrogen and oxygen atoms in total. The first-order chi connectivity index (χ1) is 7.70. The number of aliphatic hydroxyl groups excluding tert-OH is 1. The van der Waals surface area contributed by atoms with Crippen molar-refractivity contribution in [2.45, 2.75) is 13.0 Å². The fourth-order valence-electron chi connectivity index (χ4n) is 1.99. The number of benzene rings is 1. The van der Waals surface area contributed by atoms with Gasteiger partial charge in [-0.2, -0.15) is 11.8 Å². The molecule has 1 fully saturated rings. The number of nitrogens with zero attached hydrogens (tertiary/aromatic N) is 1. The summed E-state index contributed by atoms with van der Waals surface area (Å²) in [7, 11) is 0. The molecule has 1 aliphatic heterocycles. The van der Waals surface area contributed by atoms with Gasteiger partial charge in [-0.3, -0.25) is 0 Å². The quantitative estimate of drug-likeness (QED) is 0.860. The lowest BCUT2D eigenvalue weighted by Crippen LogP contribution is -2.34. The molecule has 1 aromatic rings. The monoisotopic (exact) mass is 241 g/mol. The van der Waals surface area contributed by atoms with Crippen LogP contribution < -0.4 is 4.90 Å². The second kappa shape index (κ2) is 5.06. The van der Waals surface area contributed by atoms with E-state index in [0.717, 1.165) is 24.6 Å². The third-order valence-electron chi connectivity index (χ3n) is 2.80. The van der Waals surface area contributed by atoms with Crippen LogP contribution in [-0.2, 0) is 0 Å². The third-order valence-corrected chi connectivity index (χ3v) is 3.74. The van der Waals surface area contributed by atoms with E-state index in [-0.39, 0.29) is 5.82 Å². The van der Waals surface area contributed by atoms with E-state index in [1.807, 2.05) is 16.7 Å². The lowest BCUT2D eigenvalue weighted by molar-refractivity contribution is 0.199. The number of halogens is 1. The van der Waals surface area contributed by atoms with E-state index in [0.29, 0.717) is 11.3 Å². The average Bonchev–Trinajstić information content (AvgIpc) is 2.29. The molecule has 0 spiro atoms. The van der Waals surface area contributed by atoms with Crippen LogP contribution in [0.4, 0.5) is 10.1 Å². The van der Waals surface area contributed by atoms with Gasteiger partial charge in [0.1, 0.15) is 5.82 Å². The zero-order chi connectivity index (χ0) is 11.5. The molecule has 1 aliphatic rings. The SMILES string of the molecule is C[C@H](O)c1cccc(F)c1N1CCSCC1. The lowest BCUT2D eigenvalue weighted by Gasteiger charge is -2.31. The van der Waals surface area contributed by atoms with E-state index in [2.05, 4.69) is 0 Å². The molecule has 0 unspecified atom stereocenters. The summed E-state index contributed by atoms with van der Waals surface area (Å²) in [6.07, 6.45) is -0.625. The maximum atomic E-state index is 13.8. The van der Waals surface area contributed by atoms with Crippen LogP contribution in [0.2, 0.25) is 0 Å². The fourth-order valence-corrected chi connectivity index (χ4v) is 2.89. The normalized spacial score (nSPS) is 18.6. The molecule has 1 saturated heterocycles. The summed E-state index contributed by atoms with van der Waals surface area (Å²) in [6, 6.07) is 4.91. The van der Waals surface area contributed by atoms with Crippen molar-refractivity contribution in [2.75, 3.05) is 29.5 Å². The molecule has 0 saturated carbocycles. The van der Waals surface area contributed by atoms with E-state index in [1.54, 1.807) is 19.1 Å². The van der Waals surface area contributed by atoms with Gasteiger partial charge in [-0.15, -0.1) is 0 Å². The van der Waals surface area contributed by atoms with Crippen molar-refractivity contribution < 1.29 is 9.50 Å². The van der Waals surface area contributed by atoms with Crippen LogP contribution in [0.3, 0.4) is 0 Å². The number of anilines is 1. The Labute approximate surface area is 99.5 Å². The van der Waals surface area contributed by atoms with Gasteiger partial charge >= 0.3 is 0 Å². The van der Waals surface area contributed by atoms with Gasteiger partial charge in [0.05, 0.1) is 11.8 Å². The van der Waals surface area contributed by atoms with Gasteiger partial charge in [0.15, 0.2) is 0 Å². The molecule has 1 atom stereocenters. The molecule has 0 aliphatic carbocycles. The number of hydrogen-bond donors (Lipinski definition) is 1. The number of hydrogen-bond acceptors (Lipinski definition) is 3. The molecular formula is C12H16FNOS. The standard InChI is InChI=1S/C12H16FNOS/c1-9(15)10-3-2-4-11(13)12(10)14-5-7-16-8-6-14/h2-4,9,15H,5-8H2,1H3/t9-/m0/s1. The van der Waals surface area contributed by atoms with Crippen molar-refractivity contribution in [1.29, 1.82) is 0 Å². The molecular weight excluding hydrogens is 225 g/mol. The van der Waals surface area contributed by atoms with Gasteiger partial charge in [-0.1, -0.05) is 12.1 Å². The Morgan fingerprint density at radius 1 is 1.38 bits per heavy atom. The average molecular weight is 241 g/mol. The summed E-state index contributed by atoms with van der Waals surface area (Å²) >= 11 is 1.89. The Morgan fingerprint density at radius 3 is 2.69 bits per heavy atom. The van der Waals surface area contributed by atoms with E-state index in [9.17, 15) is 9.50 Å². The Kier molecular flexibility index (Phi) is 3.71. The minimum atomic E-state index is -0.625. The number of thioether (sulfide) groups is 1. The highest BCUT2D eigenvalue weighted by Gasteiger charge is 2.20. The molecule has 4 heteroatoms. The van der Waals surface area contributed by atoms with Crippen molar-refractivity contribution >= 4 is 17.4 Å². The summed E-state index contributed by atoms with van der Waals surface area (Å²) in [5.41, 5.74) is 1.27. The lowest BCUT2D eigenvalue weighted by atomic mass is 10.1. The molecule has 0 radical (unpaired) electrons. The van der Waals surface area contributed by atoms with E-state index in [4.69, 9.17) is 0 Å². The van der Waals surface area contributed by atoms with E-state index < -0.39 is 6.10 Å². The van der Waals surface area contributed by atoms with E-state index >= 15 is 0 Å². The second-order valence-corrected chi connectivity index (χ2v) is 5.18. The minimum Gasteiger partial charge on any atom is -0.389 e. The molecule has 1 aromatic carbocycles. The van der Waals surface area contributed by atoms with Crippen LogP contribution >= 0.6 is 11.8 Å². The zero-order valence-corrected chi connectivity index (χ0v) is 10.1. The van der Waals surface area contributed by atoms with Gasteiger partial charge in [0.25, 0.3) is 0 Å². The molecule has 0 bridgehead atoms. The maximum Gasteiger partial charge on any atom is 0.146 e. The number of aliphatic hydroxyl groups is 1. The van der Waals surface area contributed by atoms with Gasteiger partial charge in [-0.05, 0) is 13.0 Å². The summed E-state index contributed by atoms with van der Waals surface area (Å²) in [5, 5.41) is 9.66. The largest absolute Gasteiger partial charge is 0.389 e. The van der Waals surface area contributed by atoms with Gasteiger partial charge in [-0.25, -0.2) is 4.39 Å². The van der Waals surface area contributed by atoms with Crippen LogP contribution in [0, 0.1) is 5.82 Å². The van der Waals surface area contributed by atoms with Gasteiger partial charge in [0.2, 0.25) is 0 Å². The van der Waals surface area contributed by atoms with Gasteiger partial charge < -0.3 is 10.0 Å². The van der Waals surface area contributed by atoms with Crippen molar-refractivity contribution in [2.24, 2.45) is 0 Å². The zero-order valence-electron chi connectivity index (χ0n) is 9.32. The highest BCUT2D eigenvalue weighted by atomic mass is 32.2. The molecule has 0 aromatic heterocycles. The van der Waals surface area contributed by atoms with Crippen LogP contribution in [0.15, 0.2) is 18.2 Å². The smallest absolute Gasteiger partial charge is 0.146 e. The first-order valence-corrected chi connectivity index (χ1v) is 6.65. The molecule has 1 heterocycles. The van der Waals surface area contributed by atoms with Crippen LogP contribution in [0.25, 0.3) is 0 Å². The minimum absolute atomic E-state index is 0.231. The van der Waals surface area contributed by atoms with Crippen LogP contribution in [0.1, 0.15) is 18.6 Å². The predicted molar refractivity (Wildman–Crippen MR) is 66.6 cm³/mol. The van der Waals surface area contributed by atoms with Crippen LogP contribution in [-0.4, -0.2) is 29.7 Å². The Hall–Kier alpha value is -0.740. The van der Waals surface area contributed by atoms with Crippen molar-refractivity contribution in [3.63, 3.8) is 0 Å². The Balaban J connectivity index is 2.36. The molecule has 1 N–H and O–H groups in total. The predicted octanol–water partition coefficient (Wildman–Crippen LogP) is 2.43. The van der Waals surface area contributed by atoms with E-state index in [1.165, 1.54) is 6.07 Å². The summed E-state index contributed by atoms with van der Waals surface area (Å²) < 4.78 is 13.8. The highest BCUT2D eigenvalue weighted by molar-refractivity contribution is 7.99. The number of para-hydroxylation sites is 1. The highest BCUT2D eigenvalue weighted by Crippen LogP contribution is 2.30. The van der Waals surface area contributed by atoms with Crippen molar-refractivity contribution in [1.82, 2.24) is 0 Å². The molecule has 2 rings (SSSR count). The Bertz CT molecular complexity index is 364. The first-order valence-electron chi connectivity index (χ1n) is 5.49. The van der Waals surface area contributed by atoms with Crippen LogP contribution in [0.5, 0.6) is 0 Å². The Morgan fingerprint density at radius 2 is 2.06 bits per heavy atom. The van der Waals surface area contributed by atoms with Crippen molar-refractivity contribution in [3.8, 4) is 0 Å². The van der Waals surface area contributed by atoms with Gasteiger partial charge in [0, 0.05) is 30.2 Å². The second-order valence-electron chi connectivity index (χ2n) is 3.95. The third kappa shape index (κ3) is 2.33. The number of rotatable bonds is 2. The summed E-state index contributed by atoms with van der Waals surface area (Å²) in [5.74, 6) is 1.81. The summed E-state index contributed by atoms with van der Waals surface area (Å²) in [4.78, 5) is 2.04. The topological polar surface area (TPSA) is 23.5 Å². The molecule has 88 valence electrons. The fraction of sp³-hybridized carbons (Fsp3) is 0.500. The van der Waals surface area contributed by atoms with Crippen molar-refractivity contribution in [3.05, 3.63) is 29.6 Å². The molecule has 16 heavy (non-hydrogen) atoms. The first kappa shape index (κ1) is 11.7. The summed E-state index contributed by atoms with van der Waals surface area (Å²) in [6.45, 7) is 3.38. The maximum absolute atomic E-state index is 13.8.